The first-order chi connectivity index (χ1) is 20.0. The molecule has 8 nitrogen and oxygen atoms in total. The number of hydrogen-bond donors (Lipinski definition) is 2. The van der Waals surface area contributed by atoms with Crippen LogP contribution < -0.4 is 10.2 Å². The van der Waals surface area contributed by atoms with Crippen molar-refractivity contribution in [3.8, 4) is 0 Å². The lowest BCUT2D eigenvalue weighted by molar-refractivity contribution is -0.146. The monoisotopic (exact) mass is 629 g/mol. The third kappa shape index (κ3) is 6.64. The molecule has 2 aromatic heterocycles. The number of benzene rings is 2. The van der Waals surface area contributed by atoms with Gasteiger partial charge in [-0.25, -0.2) is 9.37 Å². The molecule has 0 spiro atoms. The SMILES string of the molecule is CC(C)(OC1CCCN1c1ncc(CCC(=O)O)s1)C(=O)Cc1cc(Cl)c(NC(=O)c2csc3ccccc23)cc1F. The number of anilines is 2. The maximum absolute atomic E-state index is 15.2. The highest BCUT2D eigenvalue weighted by Gasteiger charge is 2.37. The Morgan fingerprint density at radius 2 is 2.05 bits per heavy atom. The highest BCUT2D eigenvalue weighted by molar-refractivity contribution is 7.17. The molecule has 1 atom stereocenters. The van der Waals surface area contributed by atoms with Crippen LogP contribution in [0.3, 0.4) is 0 Å². The maximum Gasteiger partial charge on any atom is 0.303 e. The van der Waals surface area contributed by atoms with Gasteiger partial charge in [-0.05, 0) is 56.9 Å². The molecule has 3 heterocycles. The van der Waals surface area contributed by atoms with Crippen molar-refractivity contribution in [3.63, 3.8) is 0 Å². The molecule has 1 aliphatic heterocycles. The van der Waals surface area contributed by atoms with Crippen LogP contribution >= 0.6 is 34.3 Å². The van der Waals surface area contributed by atoms with Gasteiger partial charge in [-0.2, -0.15) is 0 Å². The molecule has 1 aliphatic rings. The predicted molar refractivity (Wildman–Crippen MR) is 164 cm³/mol. The largest absolute Gasteiger partial charge is 0.481 e. The molecule has 220 valence electrons. The van der Waals surface area contributed by atoms with Gasteiger partial charge in [-0.15, -0.1) is 22.7 Å². The standard InChI is InChI=1S/C30H29ClFN3O5S2/c1-30(2,40-26-8-5-11-35(26)29-33-15-18(42-29)9-10-27(37)38)25(36)13-17-12-21(31)23(14-22(17)32)34-28(39)20-16-41-24-7-4-3-6-19(20)24/h3-4,6-7,12,14-16,26H,5,8-11,13H2,1-2H3,(H,34,39)(H,37,38). The lowest BCUT2D eigenvalue weighted by Crippen LogP contribution is -2.44. The number of thiophene rings is 1. The summed E-state index contributed by atoms with van der Waals surface area (Å²) in [6.07, 6.45) is 3.00. The highest BCUT2D eigenvalue weighted by Crippen LogP contribution is 2.34. The number of aliphatic carboxylic acids is 1. The van der Waals surface area contributed by atoms with E-state index in [0.29, 0.717) is 30.1 Å². The van der Waals surface area contributed by atoms with Gasteiger partial charge in [0.15, 0.2) is 10.9 Å². The highest BCUT2D eigenvalue weighted by atomic mass is 35.5. The summed E-state index contributed by atoms with van der Waals surface area (Å²) >= 11 is 9.28. The van der Waals surface area contributed by atoms with Crippen molar-refractivity contribution >= 4 is 72.8 Å². The number of amides is 1. The van der Waals surface area contributed by atoms with Crippen LogP contribution in [-0.2, 0) is 27.2 Å². The maximum atomic E-state index is 15.2. The Labute approximate surface area is 255 Å². The van der Waals surface area contributed by atoms with Crippen molar-refractivity contribution in [3.05, 3.63) is 74.8 Å². The second-order valence-electron chi connectivity index (χ2n) is 10.5. The molecule has 2 N–H and O–H groups in total. The number of Topliss-reactive ketones (excluding diaryl/α,β-unsaturated/α-hetero) is 1. The second-order valence-corrected chi connectivity index (χ2v) is 13.0. The molecular formula is C30H29ClFN3O5S2. The van der Waals surface area contributed by atoms with Gasteiger partial charge in [0.2, 0.25) is 0 Å². The van der Waals surface area contributed by atoms with E-state index in [1.54, 1.807) is 25.4 Å². The summed E-state index contributed by atoms with van der Waals surface area (Å²) in [7, 11) is 0. The lowest BCUT2D eigenvalue weighted by Gasteiger charge is -2.32. The van der Waals surface area contributed by atoms with E-state index in [2.05, 4.69) is 10.3 Å². The molecule has 2 aromatic carbocycles. The fourth-order valence-electron chi connectivity index (χ4n) is 4.81. The smallest absolute Gasteiger partial charge is 0.303 e. The van der Waals surface area contributed by atoms with Crippen molar-refractivity contribution in [2.45, 2.75) is 57.8 Å². The van der Waals surface area contributed by atoms with Crippen LogP contribution in [0.15, 0.2) is 48.0 Å². The molecule has 0 radical (unpaired) electrons. The summed E-state index contributed by atoms with van der Waals surface area (Å²) < 4.78 is 22.4. The zero-order chi connectivity index (χ0) is 30.0. The van der Waals surface area contributed by atoms with Crippen molar-refractivity contribution in [1.82, 2.24) is 4.98 Å². The number of halogens is 2. The molecule has 0 aliphatic carbocycles. The number of ether oxygens (including phenoxy) is 1. The zero-order valence-corrected chi connectivity index (χ0v) is 25.4. The Morgan fingerprint density at radius 1 is 1.26 bits per heavy atom. The van der Waals surface area contributed by atoms with Crippen molar-refractivity contribution in [1.29, 1.82) is 0 Å². The molecule has 42 heavy (non-hydrogen) atoms. The van der Waals surface area contributed by atoms with E-state index >= 15 is 4.39 Å². The quantitative estimate of drug-likeness (QED) is 0.185. The van der Waals surface area contributed by atoms with E-state index in [-0.39, 0.29) is 34.9 Å². The third-order valence-electron chi connectivity index (χ3n) is 7.13. The number of fused-ring (bicyclic) bond motifs is 1. The molecule has 1 unspecified atom stereocenters. The Bertz CT molecular complexity index is 1650. The van der Waals surface area contributed by atoms with Gasteiger partial charge >= 0.3 is 5.97 Å². The minimum atomic E-state index is -1.23. The van der Waals surface area contributed by atoms with E-state index in [1.165, 1.54) is 28.7 Å². The molecule has 1 amide bonds. The summed E-state index contributed by atoms with van der Waals surface area (Å²) in [6.45, 7) is 4.01. The summed E-state index contributed by atoms with van der Waals surface area (Å²) in [5, 5.41) is 15.0. The number of aryl methyl sites for hydroxylation is 1. The van der Waals surface area contributed by atoms with Crippen LogP contribution in [0, 0.1) is 5.82 Å². The van der Waals surface area contributed by atoms with Crippen molar-refractivity contribution in [2.24, 2.45) is 0 Å². The van der Waals surface area contributed by atoms with Crippen LogP contribution in [0.25, 0.3) is 10.1 Å². The van der Waals surface area contributed by atoms with Gasteiger partial charge in [0, 0.05) is 39.5 Å². The van der Waals surface area contributed by atoms with Crippen LogP contribution in [0.4, 0.5) is 15.2 Å². The fourth-order valence-corrected chi connectivity index (χ4v) is 6.96. The number of nitrogens with zero attached hydrogens (tertiary/aromatic N) is 2. The number of hydrogen-bond acceptors (Lipinski definition) is 8. The van der Waals surface area contributed by atoms with E-state index in [9.17, 15) is 14.4 Å². The van der Waals surface area contributed by atoms with Crippen molar-refractivity contribution < 1.29 is 28.6 Å². The molecule has 1 fully saturated rings. The normalized spacial score (nSPS) is 15.3. The molecular weight excluding hydrogens is 601 g/mol. The summed E-state index contributed by atoms with van der Waals surface area (Å²) in [6, 6.07) is 10.0. The van der Waals surface area contributed by atoms with Gasteiger partial charge in [-0.1, -0.05) is 29.8 Å². The third-order valence-corrected chi connectivity index (χ3v) is 9.50. The van der Waals surface area contributed by atoms with Gasteiger partial charge < -0.3 is 20.1 Å². The predicted octanol–water partition coefficient (Wildman–Crippen LogP) is 6.95. The number of carboxylic acids is 1. The minimum Gasteiger partial charge on any atom is -0.481 e. The number of carbonyl (C=O) groups is 3. The number of carboxylic acid groups (broad SMARTS) is 1. The van der Waals surface area contributed by atoms with E-state index in [4.69, 9.17) is 21.4 Å². The summed E-state index contributed by atoms with van der Waals surface area (Å²) in [4.78, 5) is 44.4. The Hall–Kier alpha value is -3.38. The van der Waals surface area contributed by atoms with Crippen LogP contribution in [-0.4, -0.2) is 46.1 Å². The minimum absolute atomic E-state index is 0.0305. The first-order valence-electron chi connectivity index (χ1n) is 13.4. The summed E-state index contributed by atoms with van der Waals surface area (Å²) in [5.74, 6) is -2.25. The van der Waals surface area contributed by atoms with Crippen LogP contribution in [0.1, 0.15) is 53.9 Å². The first kappa shape index (κ1) is 30.1. The number of thiazole rings is 1. The lowest BCUT2D eigenvalue weighted by atomic mass is 9.96. The average Bonchev–Trinajstić information content (AvgIpc) is 3.69. The molecule has 0 saturated carbocycles. The molecule has 5 rings (SSSR count). The van der Waals surface area contributed by atoms with Crippen LogP contribution in [0.5, 0.6) is 0 Å². The molecule has 12 heteroatoms. The van der Waals surface area contributed by atoms with Gasteiger partial charge in [-0.3, -0.25) is 14.4 Å². The number of aromatic nitrogens is 1. The topological polar surface area (TPSA) is 109 Å². The van der Waals surface area contributed by atoms with E-state index in [0.717, 1.165) is 27.5 Å². The second kappa shape index (κ2) is 12.5. The number of ketones is 1. The van der Waals surface area contributed by atoms with Gasteiger partial charge in [0.05, 0.1) is 22.7 Å². The van der Waals surface area contributed by atoms with E-state index in [1.807, 2.05) is 29.2 Å². The Kier molecular flexibility index (Phi) is 8.93. The molecule has 0 bridgehead atoms. The van der Waals surface area contributed by atoms with Crippen LogP contribution in [0.2, 0.25) is 5.02 Å². The number of carbonyl (C=O) groups excluding carboxylic acids is 2. The fraction of sp³-hybridized carbons (Fsp3) is 0.333. The Morgan fingerprint density at radius 3 is 2.83 bits per heavy atom. The number of nitrogens with one attached hydrogen (secondary N) is 1. The summed E-state index contributed by atoms with van der Waals surface area (Å²) in [5.41, 5.74) is -0.538. The Balaban J connectivity index is 1.24. The van der Waals surface area contributed by atoms with Gasteiger partial charge in [0.25, 0.3) is 5.91 Å². The zero-order valence-electron chi connectivity index (χ0n) is 23.0. The first-order valence-corrected chi connectivity index (χ1v) is 15.5. The molecule has 1 saturated heterocycles. The number of rotatable bonds is 11. The molecule has 4 aromatic rings. The van der Waals surface area contributed by atoms with Crippen molar-refractivity contribution in [2.75, 3.05) is 16.8 Å². The van der Waals surface area contributed by atoms with Gasteiger partial charge in [0.1, 0.15) is 17.6 Å². The van der Waals surface area contributed by atoms with E-state index < -0.39 is 29.5 Å². The average molecular weight is 630 g/mol.